The Morgan fingerprint density at radius 1 is 1.41 bits per heavy atom. The van der Waals surface area contributed by atoms with Gasteiger partial charge in [-0.15, -0.1) is 0 Å². The van der Waals surface area contributed by atoms with Crippen LogP contribution in [0, 0.1) is 5.92 Å². The van der Waals surface area contributed by atoms with E-state index in [4.69, 9.17) is 4.74 Å². The highest BCUT2D eigenvalue weighted by atomic mass is 16.5. The van der Waals surface area contributed by atoms with E-state index in [0.29, 0.717) is 17.9 Å². The molecule has 0 aliphatic carbocycles. The molecule has 0 radical (unpaired) electrons. The lowest BCUT2D eigenvalue weighted by Gasteiger charge is -2.31. The third-order valence-electron chi connectivity index (χ3n) is 3.91. The van der Waals surface area contributed by atoms with Crippen LogP contribution in [0.2, 0.25) is 0 Å². The molecule has 1 N–H and O–H groups in total. The fourth-order valence-electron chi connectivity index (χ4n) is 2.96. The van der Waals surface area contributed by atoms with Crippen LogP contribution in [-0.2, 0) is 9.53 Å². The molecule has 0 spiro atoms. The van der Waals surface area contributed by atoms with Crippen molar-refractivity contribution in [2.24, 2.45) is 5.92 Å². The zero-order chi connectivity index (χ0) is 12.3. The first-order chi connectivity index (χ1) is 8.20. The minimum Gasteiger partial charge on any atom is -0.384 e. The van der Waals surface area contributed by atoms with Gasteiger partial charge in [0.15, 0.2) is 0 Å². The topological polar surface area (TPSA) is 41.6 Å². The van der Waals surface area contributed by atoms with Gasteiger partial charge in [0.25, 0.3) is 0 Å². The van der Waals surface area contributed by atoms with Crippen LogP contribution in [0.4, 0.5) is 0 Å². The summed E-state index contributed by atoms with van der Waals surface area (Å²) in [5, 5.41) is 3.42. The van der Waals surface area contributed by atoms with Crippen molar-refractivity contribution in [3.8, 4) is 0 Å². The third-order valence-corrected chi connectivity index (χ3v) is 3.91. The van der Waals surface area contributed by atoms with Crippen LogP contribution in [0.1, 0.15) is 32.6 Å². The van der Waals surface area contributed by atoms with Crippen LogP contribution in [0.25, 0.3) is 0 Å². The van der Waals surface area contributed by atoms with Crippen molar-refractivity contribution in [2.75, 3.05) is 26.8 Å². The molecule has 0 aromatic heterocycles. The van der Waals surface area contributed by atoms with Gasteiger partial charge in [-0.2, -0.15) is 0 Å². The molecular weight excluding hydrogens is 216 g/mol. The average molecular weight is 240 g/mol. The van der Waals surface area contributed by atoms with Gasteiger partial charge in [-0.3, -0.25) is 4.79 Å². The van der Waals surface area contributed by atoms with E-state index >= 15 is 0 Å². The highest BCUT2D eigenvalue weighted by Gasteiger charge is 2.32. The number of ether oxygens (including phenoxy) is 1. The van der Waals surface area contributed by atoms with Gasteiger partial charge in [-0.25, -0.2) is 0 Å². The molecule has 17 heavy (non-hydrogen) atoms. The number of piperidine rings is 1. The van der Waals surface area contributed by atoms with Crippen molar-refractivity contribution in [2.45, 2.75) is 44.7 Å². The van der Waals surface area contributed by atoms with Crippen molar-refractivity contribution in [3.05, 3.63) is 0 Å². The maximum Gasteiger partial charge on any atom is 0.239 e. The molecule has 4 nitrogen and oxygen atoms in total. The summed E-state index contributed by atoms with van der Waals surface area (Å²) in [6.07, 6.45) is 4.44. The molecule has 0 aromatic carbocycles. The second-order valence-corrected chi connectivity index (χ2v) is 5.45. The maximum absolute atomic E-state index is 12.3. The normalized spacial score (nSPS) is 34.0. The quantitative estimate of drug-likeness (QED) is 0.800. The average Bonchev–Trinajstić information content (AvgIpc) is 2.77. The van der Waals surface area contributed by atoms with Gasteiger partial charge in [0.05, 0.1) is 12.6 Å². The monoisotopic (exact) mass is 240 g/mol. The van der Waals surface area contributed by atoms with Gasteiger partial charge in [0, 0.05) is 32.2 Å². The van der Waals surface area contributed by atoms with Gasteiger partial charge >= 0.3 is 0 Å². The van der Waals surface area contributed by atoms with Gasteiger partial charge < -0.3 is 15.0 Å². The van der Waals surface area contributed by atoms with E-state index in [0.717, 1.165) is 32.5 Å². The lowest BCUT2D eigenvalue weighted by Crippen LogP contribution is -2.50. The highest BCUT2D eigenvalue weighted by Crippen LogP contribution is 2.20. The fraction of sp³-hybridized carbons (Fsp3) is 0.923. The number of methoxy groups -OCH3 is 1. The Balaban J connectivity index is 1.83. The largest absolute Gasteiger partial charge is 0.384 e. The first-order valence-electron chi connectivity index (χ1n) is 6.74. The van der Waals surface area contributed by atoms with Crippen molar-refractivity contribution < 1.29 is 9.53 Å². The minimum atomic E-state index is 0.0556. The number of carbonyl (C=O) groups excluding carboxylic acids is 1. The molecule has 2 rings (SSSR count). The molecule has 1 amide bonds. The van der Waals surface area contributed by atoms with Crippen LogP contribution in [0.3, 0.4) is 0 Å². The van der Waals surface area contributed by atoms with E-state index in [1.54, 1.807) is 7.11 Å². The summed E-state index contributed by atoms with van der Waals surface area (Å²) < 4.78 is 5.16. The molecule has 4 heteroatoms. The maximum atomic E-state index is 12.3. The Labute approximate surface area is 104 Å². The van der Waals surface area contributed by atoms with Crippen molar-refractivity contribution >= 4 is 5.91 Å². The third kappa shape index (κ3) is 3.19. The number of carbonyl (C=O) groups is 1. The van der Waals surface area contributed by atoms with E-state index in [-0.39, 0.29) is 6.04 Å². The van der Waals surface area contributed by atoms with Crippen LogP contribution < -0.4 is 5.32 Å². The number of amides is 1. The van der Waals surface area contributed by atoms with Crippen molar-refractivity contribution in [3.63, 3.8) is 0 Å². The smallest absolute Gasteiger partial charge is 0.239 e. The predicted molar refractivity (Wildman–Crippen MR) is 66.8 cm³/mol. The number of likely N-dealkylation sites (tertiary alicyclic amines) is 1. The standard InChI is InChI=1S/C13H24N2O2/c1-10-4-3-5-12(14-10)13(16)15-7-6-11(8-15)9-17-2/h10-12,14H,3-9H2,1-2H3. The summed E-state index contributed by atoms with van der Waals surface area (Å²) in [6.45, 7) is 4.72. The van der Waals surface area contributed by atoms with E-state index in [1.165, 1.54) is 12.8 Å². The molecule has 0 saturated carbocycles. The molecular formula is C13H24N2O2. The molecule has 3 unspecified atom stereocenters. The highest BCUT2D eigenvalue weighted by molar-refractivity contribution is 5.82. The minimum absolute atomic E-state index is 0.0556. The summed E-state index contributed by atoms with van der Waals surface area (Å²) in [5.41, 5.74) is 0. The Morgan fingerprint density at radius 3 is 2.94 bits per heavy atom. The molecule has 2 aliphatic rings. The molecule has 98 valence electrons. The predicted octanol–water partition coefficient (Wildman–Crippen LogP) is 1.01. The molecule has 0 aromatic rings. The molecule has 2 heterocycles. The lowest BCUT2D eigenvalue weighted by atomic mass is 9.99. The molecule has 2 fully saturated rings. The molecule has 2 aliphatic heterocycles. The number of hydrogen-bond donors (Lipinski definition) is 1. The number of hydrogen-bond acceptors (Lipinski definition) is 3. The van der Waals surface area contributed by atoms with Gasteiger partial charge in [-0.05, 0) is 32.6 Å². The van der Waals surface area contributed by atoms with E-state index in [9.17, 15) is 4.79 Å². The van der Waals surface area contributed by atoms with E-state index in [1.807, 2.05) is 4.90 Å². The summed E-state index contributed by atoms with van der Waals surface area (Å²) in [7, 11) is 1.73. The Morgan fingerprint density at radius 2 is 2.24 bits per heavy atom. The van der Waals surface area contributed by atoms with Crippen molar-refractivity contribution in [1.29, 1.82) is 0 Å². The second-order valence-electron chi connectivity index (χ2n) is 5.45. The Kier molecular flexibility index (Phi) is 4.40. The number of nitrogens with zero attached hydrogens (tertiary/aromatic N) is 1. The fourth-order valence-corrected chi connectivity index (χ4v) is 2.96. The first-order valence-corrected chi connectivity index (χ1v) is 6.74. The summed E-state index contributed by atoms with van der Waals surface area (Å²) >= 11 is 0. The van der Waals surface area contributed by atoms with Crippen LogP contribution in [0.5, 0.6) is 0 Å². The number of nitrogens with one attached hydrogen (secondary N) is 1. The first kappa shape index (κ1) is 12.8. The molecule has 2 saturated heterocycles. The zero-order valence-corrected chi connectivity index (χ0v) is 10.9. The number of rotatable bonds is 3. The SMILES string of the molecule is COCC1CCN(C(=O)C2CCCC(C)N2)C1. The Bertz CT molecular complexity index is 270. The van der Waals surface area contributed by atoms with E-state index < -0.39 is 0 Å². The van der Waals surface area contributed by atoms with Crippen molar-refractivity contribution in [1.82, 2.24) is 10.2 Å². The van der Waals surface area contributed by atoms with Gasteiger partial charge in [-0.1, -0.05) is 0 Å². The summed E-state index contributed by atoms with van der Waals surface area (Å²) in [6, 6.07) is 0.537. The van der Waals surface area contributed by atoms with Crippen LogP contribution >= 0.6 is 0 Å². The second kappa shape index (κ2) is 5.83. The molecule has 0 bridgehead atoms. The van der Waals surface area contributed by atoms with Crippen LogP contribution in [-0.4, -0.2) is 49.7 Å². The van der Waals surface area contributed by atoms with Crippen LogP contribution in [0.15, 0.2) is 0 Å². The summed E-state index contributed by atoms with van der Waals surface area (Å²) in [5.74, 6) is 0.833. The van der Waals surface area contributed by atoms with E-state index in [2.05, 4.69) is 12.2 Å². The van der Waals surface area contributed by atoms with Gasteiger partial charge in [0.2, 0.25) is 5.91 Å². The van der Waals surface area contributed by atoms with Gasteiger partial charge in [0.1, 0.15) is 0 Å². The zero-order valence-electron chi connectivity index (χ0n) is 10.9. The lowest BCUT2D eigenvalue weighted by molar-refractivity contribution is -0.133. The molecule has 3 atom stereocenters. The summed E-state index contributed by atoms with van der Waals surface area (Å²) in [4.78, 5) is 14.3. The Hall–Kier alpha value is -0.610.